The van der Waals surface area contributed by atoms with Crippen molar-refractivity contribution in [1.29, 1.82) is 0 Å². The average molecular weight is 207 g/mol. The highest BCUT2D eigenvalue weighted by atomic mass is 32.2. The van der Waals surface area contributed by atoms with E-state index >= 15 is 0 Å². The van der Waals surface area contributed by atoms with Crippen LogP contribution in [0.25, 0.3) is 0 Å². The minimum absolute atomic E-state index is 0.0447. The smallest absolute Gasteiger partial charge is 0.328 e. The molecule has 0 aromatic heterocycles. The number of methoxy groups -OCH3 is 1. The van der Waals surface area contributed by atoms with Crippen molar-refractivity contribution in [3.05, 3.63) is 0 Å². The highest BCUT2D eigenvalue weighted by Crippen LogP contribution is 2.04. The summed E-state index contributed by atoms with van der Waals surface area (Å²) in [5.74, 6) is -0.712. The van der Waals surface area contributed by atoms with Gasteiger partial charge in [-0.15, -0.1) is 0 Å². The van der Waals surface area contributed by atoms with E-state index in [4.69, 9.17) is 0 Å². The number of hydrogen-bond donors (Lipinski definition) is 2. The third-order valence-corrected chi connectivity index (χ3v) is 2.65. The molecule has 1 saturated heterocycles. The van der Waals surface area contributed by atoms with Crippen molar-refractivity contribution in [2.75, 3.05) is 13.7 Å². The van der Waals surface area contributed by atoms with E-state index in [2.05, 4.69) is 10.1 Å². The molecular formula is C6H9NO5S. The van der Waals surface area contributed by atoms with Crippen LogP contribution >= 0.6 is 0 Å². The van der Waals surface area contributed by atoms with Crippen molar-refractivity contribution < 1.29 is 23.1 Å². The molecule has 0 aliphatic carbocycles. The number of aliphatic hydroxyl groups excluding tert-OH is 1. The van der Waals surface area contributed by atoms with Gasteiger partial charge in [0.05, 0.1) is 7.11 Å². The first kappa shape index (κ1) is 10.2. The van der Waals surface area contributed by atoms with Gasteiger partial charge in [0.2, 0.25) is 10.3 Å². The van der Waals surface area contributed by atoms with E-state index in [9.17, 15) is 18.3 Å². The first-order valence-corrected chi connectivity index (χ1v) is 4.60. The Morgan fingerprint density at radius 1 is 1.69 bits per heavy atom. The molecule has 0 radical (unpaired) electrons. The van der Waals surface area contributed by atoms with Crippen LogP contribution in [0.4, 0.5) is 0 Å². The molecule has 74 valence electrons. The second-order valence-corrected chi connectivity index (χ2v) is 3.46. The molecule has 1 aliphatic heterocycles. The molecule has 7 heteroatoms. The number of carbonyl (C=O) groups excluding carboxylic acids is 1. The van der Waals surface area contributed by atoms with E-state index in [1.807, 2.05) is 0 Å². The van der Waals surface area contributed by atoms with Gasteiger partial charge < -0.3 is 9.84 Å². The van der Waals surface area contributed by atoms with Crippen LogP contribution in [-0.4, -0.2) is 50.2 Å². The summed E-state index contributed by atoms with van der Waals surface area (Å²) in [5, 5.41) is 11.7. The van der Waals surface area contributed by atoms with Gasteiger partial charge in [0.25, 0.3) is 0 Å². The van der Waals surface area contributed by atoms with Gasteiger partial charge >= 0.3 is 5.97 Å². The number of esters is 1. The number of rotatable bonds is 1. The molecule has 6 nitrogen and oxygen atoms in total. The second kappa shape index (κ2) is 3.86. The minimum atomic E-state index is -2.57. The highest BCUT2D eigenvalue weighted by molar-refractivity contribution is 7.73. The van der Waals surface area contributed by atoms with Crippen LogP contribution in [0.15, 0.2) is 0 Å². The highest BCUT2D eigenvalue weighted by Gasteiger charge is 2.37. The zero-order valence-corrected chi connectivity index (χ0v) is 7.67. The predicted molar refractivity (Wildman–Crippen MR) is 43.7 cm³/mol. The number of carbonyl (C=O) groups is 1. The topological polar surface area (TPSA) is 92.7 Å². The van der Waals surface area contributed by atoms with Crippen molar-refractivity contribution in [1.82, 2.24) is 5.32 Å². The predicted octanol–water partition coefficient (Wildman–Crippen LogP) is -2.46. The lowest BCUT2D eigenvalue weighted by Crippen LogP contribution is -2.38. The second-order valence-electron chi connectivity index (χ2n) is 2.52. The number of ether oxygens (including phenoxy) is 1. The van der Waals surface area contributed by atoms with Crippen LogP contribution < -0.4 is 5.32 Å². The molecule has 0 aromatic carbocycles. The SMILES string of the molecule is COC(=O)[C@H]1NC[C@H](O)C1=S(=O)=O. The van der Waals surface area contributed by atoms with E-state index in [0.717, 1.165) is 7.11 Å². The first-order valence-electron chi connectivity index (χ1n) is 3.53. The van der Waals surface area contributed by atoms with E-state index in [0.29, 0.717) is 0 Å². The molecule has 0 unspecified atom stereocenters. The van der Waals surface area contributed by atoms with Crippen molar-refractivity contribution >= 4 is 21.1 Å². The maximum Gasteiger partial charge on any atom is 0.328 e. The largest absolute Gasteiger partial charge is 0.468 e. The van der Waals surface area contributed by atoms with E-state index < -0.39 is 28.4 Å². The van der Waals surface area contributed by atoms with Gasteiger partial charge in [-0.1, -0.05) is 0 Å². The lowest BCUT2D eigenvalue weighted by atomic mass is 10.2. The van der Waals surface area contributed by atoms with Crippen LogP contribution in [0.3, 0.4) is 0 Å². The quantitative estimate of drug-likeness (QED) is 0.366. The molecule has 1 aliphatic rings. The summed E-state index contributed by atoms with van der Waals surface area (Å²) in [4.78, 5) is 10.7. The molecule has 0 aromatic rings. The molecule has 0 saturated carbocycles. The van der Waals surface area contributed by atoms with Gasteiger partial charge in [-0.3, -0.25) is 5.32 Å². The van der Waals surface area contributed by atoms with Crippen LogP contribution in [0.1, 0.15) is 0 Å². The van der Waals surface area contributed by atoms with E-state index in [1.165, 1.54) is 0 Å². The molecule has 2 atom stereocenters. The van der Waals surface area contributed by atoms with Gasteiger partial charge in [-0.05, 0) is 0 Å². The van der Waals surface area contributed by atoms with Gasteiger partial charge in [0, 0.05) is 6.54 Å². The lowest BCUT2D eigenvalue weighted by molar-refractivity contribution is -0.140. The number of β-amino-alcohol motifs (C(OH)–C–C–N with tert-alkyl or cyclic N) is 1. The van der Waals surface area contributed by atoms with Crippen molar-refractivity contribution in [2.24, 2.45) is 0 Å². The van der Waals surface area contributed by atoms with Gasteiger partial charge in [-0.25, -0.2) is 4.79 Å². The normalized spacial score (nSPS) is 27.4. The Morgan fingerprint density at radius 3 is 2.77 bits per heavy atom. The fourth-order valence-corrected chi connectivity index (χ4v) is 1.83. The van der Waals surface area contributed by atoms with Crippen molar-refractivity contribution in [2.45, 2.75) is 12.1 Å². The van der Waals surface area contributed by atoms with Gasteiger partial charge in [-0.2, -0.15) is 8.42 Å². The Morgan fingerprint density at radius 2 is 2.31 bits per heavy atom. The Hall–Kier alpha value is -0.920. The fourth-order valence-electron chi connectivity index (χ4n) is 1.15. The summed E-state index contributed by atoms with van der Waals surface area (Å²) < 4.78 is 25.6. The zero-order chi connectivity index (χ0) is 10.0. The number of hydrogen-bond acceptors (Lipinski definition) is 6. The summed E-state index contributed by atoms with van der Waals surface area (Å²) in [6, 6.07) is -1.04. The van der Waals surface area contributed by atoms with Crippen LogP contribution in [0.5, 0.6) is 0 Å². The van der Waals surface area contributed by atoms with Crippen LogP contribution in [0, 0.1) is 0 Å². The third kappa shape index (κ3) is 1.87. The number of aliphatic hydroxyl groups is 1. The standard InChI is InChI=1S/C6H9NO5S/c1-12-6(9)4-5(13(10)11)3(8)2-7-4/h3-4,7-8H,2H2,1H3/t3-,4-/m0/s1. The summed E-state index contributed by atoms with van der Waals surface area (Å²) in [7, 11) is -1.42. The molecule has 0 amide bonds. The Balaban J connectivity index is 3.03. The lowest BCUT2D eigenvalue weighted by Gasteiger charge is -2.06. The molecule has 0 bridgehead atoms. The molecule has 13 heavy (non-hydrogen) atoms. The average Bonchev–Trinajstić information content (AvgIpc) is 2.45. The maximum absolute atomic E-state index is 11.0. The Kier molecular flexibility index (Phi) is 3.02. The monoisotopic (exact) mass is 207 g/mol. The van der Waals surface area contributed by atoms with Gasteiger partial charge in [0.15, 0.2) is 0 Å². The summed E-state index contributed by atoms with van der Waals surface area (Å²) in [6.45, 7) is 0.0447. The molecule has 1 fully saturated rings. The first-order chi connectivity index (χ1) is 6.07. The molecule has 1 rings (SSSR count). The fraction of sp³-hybridized carbons (Fsp3) is 0.667. The van der Waals surface area contributed by atoms with Crippen molar-refractivity contribution in [3.8, 4) is 0 Å². The summed E-state index contributed by atoms with van der Waals surface area (Å²) >= 11 is 0. The summed E-state index contributed by atoms with van der Waals surface area (Å²) in [6.07, 6.45) is -1.14. The number of nitrogens with one attached hydrogen (secondary N) is 1. The van der Waals surface area contributed by atoms with Gasteiger partial charge in [0.1, 0.15) is 17.0 Å². The van der Waals surface area contributed by atoms with E-state index in [1.54, 1.807) is 0 Å². The zero-order valence-electron chi connectivity index (χ0n) is 6.85. The Bertz CT molecular complexity index is 338. The maximum atomic E-state index is 11.0. The summed E-state index contributed by atoms with van der Waals surface area (Å²) in [5.41, 5.74) is 0. The molecular weight excluding hydrogens is 198 g/mol. The van der Waals surface area contributed by atoms with E-state index in [-0.39, 0.29) is 11.4 Å². The van der Waals surface area contributed by atoms with Crippen LogP contribution in [0.2, 0.25) is 0 Å². The van der Waals surface area contributed by atoms with Crippen LogP contribution in [-0.2, 0) is 19.8 Å². The Labute approximate surface area is 76.0 Å². The minimum Gasteiger partial charge on any atom is -0.468 e. The third-order valence-electron chi connectivity index (χ3n) is 1.76. The molecule has 0 spiro atoms. The molecule has 2 N–H and O–H groups in total. The van der Waals surface area contributed by atoms with Crippen molar-refractivity contribution in [3.63, 3.8) is 0 Å². The molecule has 1 heterocycles.